The Balaban J connectivity index is -0.0000000257. The van der Waals surface area contributed by atoms with Gasteiger partial charge in [-0.2, -0.15) is 0 Å². The van der Waals surface area contributed by atoms with Crippen LogP contribution in [0.15, 0.2) is 0 Å². The zero-order valence-electron chi connectivity index (χ0n) is 4.37. The van der Waals surface area contributed by atoms with Crippen LogP contribution in [0.2, 0.25) is 0 Å². The molecule has 0 rings (SSSR count). The fourth-order valence-electron chi connectivity index (χ4n) is 0. The van der Waals surface area contributed by atoms with Gasteiger partial charge < -0.3 is 14.7 Å². The second kappa shape index (κ2) is 52.4. The van der Waals surface area contributed by atoms with Gasteiger partial charge >= 0.3 is 19.8 Å². The van der Waals surface area contributed by atoms with E-state index in [9.17, 15) is 0 Å². The number of hydrogen-bond acceptors (Lipinski definition) is 6. The van der Waals surface area contributed by atoms with Crippen LogP contribution in [0.1, 0.15) is 0 Å². The van der Waals surface area contributed by atoms with Crippen LogP contribution in [0.5, 0.6) is 0 Å². The molecule has 0 radical (unpaired) electrons. The molecule has 0 N–H and O–H groups in total. The molecule has 0 atom stereocenters. The summed E-state index contributed by atoms with van der Waals surface area (Å²) in [5, 5.41) is 0. The summed E-state index contributed by atoms with van der Waals surface area (Å²) in [7, 11) is -3.25. The summed E-state index contributed by atoms with van der Waals surface area (Å²) in [5.41, 5.74) is 0. The molecule has 0 spiro atoms. The van der Waals surface area contributed by atoms with Crippen LogP contribution >= 0.6 is 26.1 Å². The van der Waals surface area contributed by atoms with Gasteiger partial charge in [-0.3, -0.25) is 13.7 Å². The summed E-state index contributed by atoms with van der Waals surface area (Å²) < 4.78 is 25.0. The summed E-state index contributed by atoms with van der Waals surface area (Å²) in [6.45, 7) is 0. The minimum absolute atomic E-state index is 0. The van der Waals surface area contributed by atoms with Gasteiger partial charge in [-0.25, -0.2) is 0 Å². The predicted octanol–water partition coefficient (Wildman–Crippen LogP) is -1.72. The van der Waals surface area contributed by atoms with Gasteiger partial charge in [0.05, 0.1) is 26.1 Å². The first-order valence-corrected chi connectivity index (χ1v) is 3.29. The maximum absolute atomic E-state index is 8.35. The largest absolute Gasteiger partial charge is 3.00 e. The molecule has 0 aliphatic rings. The van der Waals surface area contributed by atoms with Gasteiger partial charge in [0, 0.05) is 0 Å². The SMILES string of the molecule is O=P[O-].O=P[O-].O=P[O-].[Ga+3]. The Kier molecular flexibility index (Phi) is 118. The van der Waals surface area contributed by atoms with Crippen LogP contribution < -0.4 is 14.7 Å². The maximum Gasteiger partial charge on any atom is 3.00 e. The molecule has 0 fully saturated rings. The van der Waals surface area contributed by atoms with Crippen molar-refractivity contribution in [3.8, 4) is 0 Å². The van der Waals surface area contributed by atoms with Gasteiger partial charge in [0.2, 0.25) is 0 Å². The van der Waals surface area contributed by atoms with Gasteiger partial charge in [-0.05, 0) is 0 Å². The smallest absolute Gasteiger partial charge is 0.772 e. The molecule has 6 nitrogen and oxygen atoms in total. The summed E-state index contributed by atoms with van der Waals surface area (Å²) >= 11 is 0. The molecule has 0 aromatic rings. The van der Waals surface area contributed by atoms with Gasteiger partial charge in [0.25, 0.3) is 0 Å². The van der Waals surface area contributed by atoms with E-state index in [2.05, 4.69) is 0 Å². The normalized spacial score (nSPS) is 6.30. The van der Waals surface area contributed by atoms with Gasteiger partial charge in [0.1, 0.15) is 0 Å². The Bertz CT molecular complexity index is 49.7. The third kappa shape index (κ3) is 808. The van der Waals surface area contributed by atoms with Crippen LogP contribution in [0.25, 0.3) is 0 Å². The fourth-order valence-corrected chi connectivity index (χ4v) is 0. The molecule has 0 saturated carbocycles. The first-order valence-electron chi connectivity index (χ1n) is 1.10. The summed E-state index contributed by atoms with van der Waals surface area (Å²) in [5.74, 6) is 0. The van der Waals surface area contributed by atoms with E-state index in [1.165, 1.54) is 0 Å². The van der Waals surface area contributed by atoms with Crippen molar-refractivity contribution in [2.24, 2.45) is 0 Å². The Hall–Kier alpha value is 0.816. The molecule has 10 heteroatoms. The zero-order valence-corrected chi connectivity index (χ0v) is 9.47. The molecule has 0 heterocycles. The fraction of sp³-hybridized carbons (Fsp3) is 0. The second-order valence-electron chi connectivity index (χ2n) is 0.224. The van der Waals surface area contributed by atoms with Gasteiger partial charge in [-0.1, -0.05) is 0 Å². The second-order valence-corrected chi connectivity index (χ2v) is 0.671. The van der Waals surface area contributed by atoms with E-state index in [0.717, 1.165) is 0 Å². The van der Waals surface area contributed by atoms with Crippen LogP contribution in [0.4, 0.5) is 0 Å². The van der Waals surface area contributed by atoms with Crippen molar-refractivity contribution in [3.63, 3.8) is 0 Å². The molecule has 0 amide bonds. The summed E-state index contributed by atoms with van der Waals surface area (Å²) in [6.07, 6.45) is 0. The molecule has 0 aliphatic carbocycles. The summed E-state index contributed by atoms with van der Waals surface area (Å²) in [4.78, 5) is 25.0. The first kappa shape index (κ1) is 22.4. The molecule has 0 unspecified atom stereocenters. The third-order valence-corrected chi connectivity index (χ3v) is 0. The molecule has 10 heavy (non-hydrogen) atoms. The number of hydrogen-bond donors (Lipinski definition) is 0. The average Bonchev–Trinajstić information content (AvgIpc) is 1.70. The van der Waals surface area contributed by atoms with Crippen LogP contribution in [-0.2, 0) is 13.7 Å². The van der Waals surface area contributed by atoms with Crippen molar-refractivity contribution in [2.75, 3.05) is 0 Å². The quantitative estimate of drug-likeness (QED) is 0.376. The van der Waals surface area contributed by atoms with E-state index >= 15 is 0 Å². The Morgan fingerprint density at radius 3 is 0.700 bits per heavy atom. The van der Waals surface area contributed by atoms with E-state index in [-0.39, 0.29) is 19.8 Å². The monoisotopic (exact) mass is 258 g/mol. The van der Waals surface area contributed by atoms with Crippen molar-refractivity contribution in [2.45, 2.75) is 0 Å². The maximum atomic E-state index is 8.35. The molecule has 0 aromatic heterocycles. The van der Waals surface area contributed by atoms with E-state index in [1.807, 2.05) is 0 Å². The third-order valence-electron chi connectivity index (χ3n) is 0. The molecule has 0 aromatic carbocycles. The van der Waals surface area contributed by atoms with Crippen LogP contribution in [0.3, 0.4) is 0 Å². The molecule has 0 saturated heterocycles. The average molecular weight is 259 g/mol. The minimum Gasteiger partial charge on any atom is -0.772 e. The Morgan fingerprint density at radius 2 is 0.700 bits per heavy atom. The van der Waals surface area contributed by atoms with Crippen molar-refractivity contribution < 1.29 is 28.4 Å². The molecule has 0 aliphatic heterocycles. The van der Waals surface area contributed by atoms with Crippen molar-refractivity contribution in [1.82, 2.24) is 0 Å². The van der Waals surface area contributed by atoms with E-state index in [1.54, 1.807) is 0 Å². The van der Waals surface area contributed by atoms with E-state index in [4.69, 9.17) is 28.4 Å². The van der Waals surface area contributed by atoms with Crippen molar-refractivity contribution in [1.29, 1.82) is 0 Å². The van der Waals surface area contributed by atoms with Crippen molar-refractivity contribution in [3.05, 3.63) is 0 Å². The minimum atomic E-state index is -1.08. The van der Waals surface area contributed by atoms with E-state index < -0.39 is 26.1 Å². The van der Waals surface area contributed by atoms with Crippen LogP contribution in [0, 0.1) is 0 Å². The predicted molar refractivity (Wildman–Crippen MR) is 28.6 cm³/mol. The molecular weight excluding hydrogens is 259 g/mol. The Morgan fingerprint density at radius 1 is 0.700 bits per heavy atom. The molecule has 54 valence electrons. The van der Waals surface area contributed by atoms with Gasteiger partial charge in [0.15, 0.2) is 0 Å². The Labute approximate surface area is 74.6 Å². The topological polar surface area (TPSA) is 120 Å². The standard InChI is InChI=1S/Ga.3HO2P/c;3*1-3-2/h;3*(H,1,2)/q+3;;;/p-3. The van der Waals surface area contributed by atoms with Gasteiger partial charge in [-0.15, -0.1) is 0 Å². The number of rotatable bonds is 0. The van der Waals surface area contributed by atoms with Crippen LogP contribution in [-0.4, -0.2) is 19.8 Å². The summed E-state index contributed by atoms with van der Waals surface area (Å²) in [6, 6.07) is 0. The zero-order chi connectivity index (χ0) is 8.12. The van der Waals surface area contributed by atoms with Crippen molar-refractivity contribution >= 4 is 45.9 Å². The molecule has 0 bridgehead atoms. The molecular formula is GaO6P3. The van der Waals surface area contributed by atoms with E-state index in [0.29, 0.717) is 0 Å². The first-order chi connectivity index (χ1) is 4.24.